The van der Waals surface area contributed by atoms with Gasteiger partial charge in [0.15, 0.2) is 6.29 Å². The molecule has 0 radical (unpaired) electrons. The fourth-order valence-corrected chi connectivity index (χ4v) is 3.71. The van der Waals surface area contributed by atoms with E-state index in [9.17, 15) is 4.79 Å². The highest BCUT2D eigenvalue weighted by Crippen LogP contribution is 2.47. The summed E-state index contributed by atoms with van der Waals surface area (Å²) in [5.41, 5.74) is 8.85. The zero-order valence-corrected chi connectivity index (χ0v) is 18.5. The Morgan fingerprint density at radius 3 is 2.66 bits per heavy atom. The molecule has 0 aliphatic heterocycles. The predicted octanol–water partition coefficient (Wildman–Crippen LogP) is 3.53. The molecular weight excluding hydrogens is 362 g/mol. The standard InChI is InChI=1S/C24H39N3O2/c1-6-10-27-19(5)23(25)14-26-11-9-16(2)29-24-8-7-20(12-21(24)15-28)13-22-17(3)18(22)4/h7-8,12,15-18,22-23,26-27H,5-6,9-11,13-14,25H2,1-4H3. The Kier molecular flexibility index (Phi) is 9.18. The van der Waals surface area contributed by atoms with Crippen LogP contribution < -0.4 is 21.1 Å². The monoisotopic (exact) mass is 401 g/mol. The predicted molar refractivity (Wildman–Crippen MR) is 120 cm³/mol. The first-order valence-corrected chi connectivity index (χ1v) is 11.0. The van der Waals surface area contributed by atoms with Crippen molar-refractivity contribution in [3.63, 3.8) is 0 Å². The van der Waals surface area contributed by atoms with Crippen LogP contribution in [0.15, 0.2) is 30.5 Å². The summed E-state index contributed by atoms with van der Waals surface area (Å²) in [7, 11) is 0. The molecule has 4 unspecified atom stereocenters. The molecule has 0 spiro atoms. The van der Waals surface area contributed by atoms with E-state index >= 15 is 0 Å². The molecule has 0 bridgehead atoms. The largest absolute Gasteiger partial charge is 0.490 e. The van der Waals surface area contributed by atoms with Crippen LogP contribution in [0.25, 0.3) is 0 Å². The molecule has 0 heterocycles. The van der Waals surface area contributed by atoms with Gasteiger partial charge in [-0.05, 0) is 68.2 Å². The van der Waals surface area contributed by atoms with Crippen LogP contribution in [0, 0.1) is 17.8 Å². The molecule has 162 valence electrons. The maximum Gasteiger partial charge on any atom is 0.153 e. The number of rotatable bonds is 14. The Labute approximate surface area is 176 Å². The molecule has 0 amide bonds. The lowest BCUT2D eigenvalue weighted by molar-refractivity contribution is 0.111. The van der Waals surface area contributed by atoms with Crippen molar-refractivity contribution < 1.29 is 9.53 Å². The van der Waals surface area contributed by atoms with Gasteiger partial charge in [-0.15, -0.1) is 0 Å². The van der Waals surface area contributed by atoms with Gasteiger partial charge in [-0.2, -0.15) is 0 Å². The van der Waals surface area contributed by atoms with Crippen molar-refractivity contribution in [3.05, 3.63) is 41.6 Å². The Bertz CT molecular complexity index is 668. The van der Waals surface area contributed by atoms with Gasteiger partial charge in [-0.25, -0.2) is 0 Å². The number of nitrogens with one attached hydrogen (secondary N) is 2. The van der Waals surface area contributed by atoms with Crippen molar-refractivity contribution >= 4 is 6.29 Å². The van der Waals surface area contributed by atoms with Gasteiger partial charge in [0.1, 0.15) is 5.75 Å². The summed E-state index contributed by atoms with van der Waals surface area (Å²) in [6.45, 7) is 15.1. The minimum atomic E-state index is -0.108. The molecule has 4 N–H and O–H groups in total. The van der Waals surface area contributed by atoms with Gasteiger partial charge >= 0.3 is 0 Å². The van der Waals surface area contributed by atoms with Crippen LogP contribution >= 0.6 is 0 Å². The second kappa shape index (κ2) is 11.4. The Balaban J connectivity index is 1.74. The third-order valence-electron chi connectivity index (χ3n) is 6.18. The van der Waals surface area contributed by atoms with E-state index in [-0.39, 0.29) is 12.1 Å². The molecule has 4 atom stereocenters. The normalized spacial score (nSPS) is 22.6. The van der Waals surface area contributed by atoms with Crippen LogP contribution in [-0.4, -0.2) is 38.1 Å². The Morgan fingerprint density at radius 2 is 2.03 bits per heavy atom. The number of hydrogen-bond acceptors (Lipinski definition) is 5. The quantitative estimate of drug-likeness (QED) is 0.328. The molecule has 0 aromatic heterocycles. The summed E-state index contributed by atoms with van der Waals surface area (Å²) >= 11 is 0. The lowest BCUT2D eigenvalue weighted by atomic mass is 10.0. The van der Waals surface area contributed by atoms with Crippen molar-refractivity contribution in [2.75, 3.05) is 19.6 Å². The second-order valence-electron chi connectivity index (χ2n) is 8.56. The van der Waals surface area contributed by atoms with Crippen LogP contribution in [0.2, 0.25) is 0 Å². The van der Waals surface area contributed by atoms with Crippen molar-refractivity contribution in [2.24, 2.45) is 23.5 Å². The van der Waals surface area contributed by atoms with Gasteiger partial charge in [0.2, 0.25) is 0 Å². The number of hydrogen-bond donors (Lipinski definition) is 3. The van der Waals surface area contributed by atoms with Crippen LogP contribution in [-0.2, 0) is 6.42 Å². The zero-order chi connectivity index (χ0) is 21.4. The molecule has 1 saturated carbocycles. The van der Waals surface area contributed by atoms with Crippen LogP contribution in [0.3, 0.4) is 0 Å². The number of ether oxygens (including phenoxy) is 1. The van der Waals surface area contributed by atoms with Gasteiger partial charge < -0.3 is 21.1 Å². The SMILES string of the molecule is C=C(NCCC)C(N)CNCCC(C)Oc1ccc(CC2C(C)C2C)cc1C=O. The van der Waals surface area contributed by atoms with Crippen molar-refractivity contribution in [2.45, 2.75) is 59.1 Å². The van der Waals surface area contributed by atoms with Crippen LogP contribution in [0.1, 0.15) is 56.5 Å². The van der Waals surface area contributed by atoms with Crippen LogP contribution in [0.4, 0.5) is 0 Å². The lowest BCUT2D eigenvalue weighted by Gasteiger charge is -2.19. The number of benzene rings is 1. The maximum absolute atomic E-state index is 11.5. The summed E-state index contributed by atoms with van der Waals surface area (Å²) in [6, 6.07) is 5.92. The average Bonchev–Trinajstić information content (AvgIpc) is 3.28. The Hall–Kier alpha value is -1.85. The Morgan fingerprint density at radius 1 is 1.31 bits per heavy atom. The first kappa shape index (κ1) is 23.4. The summed E-state index contributed by atoms with van der Waals surface area (Å²) in [5.74, 6) is 2.98. The van der Waals surface area contributed by atoms with E-state index in [4.69, 9.17) is 10.5 Å². The van der Waals surface area contributed by atoms with Gasteiger partial charge in [-0.3, -0.25) is 4.79 Å². The second-order valence-corrected chi connectivity index (χ2v) is 8.56. The molecule has 0 saturated heterocycles. The summed E-state index contributed by atoms with van der Waals surface area (Å²) in [4.78, 5) is 11.5. The highest BCUT2D eigenvalue weighted by atomic mass is 16.5. The fourth-order valence-electron chi connectivity index (χ4n) is 3.71. The summed E-state index contributed by atoms with van der Waals surface area (Å²) in [5, 5.41) is 6.59. The van der Waals surface area contributed by atoms with E-state index in [0.717, 1.165) is 62.1 Å². The van der Waals surface area contributed by atoms with Gasteiger partial charge in [0, 0.05) is 18.8 Å². The first-order chi connectivity index (χ1) is 13.9. The van der Waals surface area contributed by atoms with E-state index in [0.29, 0.717) is 17.9 Å². The number of nitrogens with two attached hydrogens (primary N) is 1. The van der Waals surface area contributed by atoms with Crippen LogP contribution in [0.5, 0.6) is 5.75 Å². The molecule has 1 aliphatic rings. The van der Waals surface area contributed by atoms with Crippen molar-refractivity contribution in [1.82, 2.24) is 10.6 Å². The molecular formula is C24H39N3O2. The van der Waals surface area contributed by atoms with E-state index in [1.807, 2.05) is 19.1 Å². The fraction of sp³-hybridized carbons (Fsp3) is 0.625. The topological polar surface area (TPSA) is 76.4 Å². The van der Waals surface area contributed by atoms with E-state index < -0.39 is 0 Å². The molecule has 5 heteroatoms. The maximum atomic E-state index is 11.5. The number of carbonyl (C=O) groups excluding carboxylic acids is 1. The average molecular weight is 402 g/mol. The van der Waals surface area contributed by atoms with E-state index in [2.05, 4.69) is 44.1 Å². The first-order valence-electron chi connectivity index (χ1n) is 11.0. The molecule has 1 fully saturated rings. The molecule has 1 aromatic carbocycles. The smallest absolute Gasteiger partial charge is 0.153 e. The highest BCUT2D eigenvalue weighted by Gasteiger charge is 2.42. The summed E-state index contributed by atoms with van der Waals surface area (Å²) < 4.78 is 6.03. The minimum Gasteiger partial charge on any atom is -0.490 e. The van der Waals surface area contributed by atoms with E-state index in [1.54, 1.807) is 0 Å². The molecule has 1 aliphatic carbocycles. The summed E-state index contributed by atoms with van der Waals surface area (Å²) in [6.07, 6.45) is 3.84. The van der Waals surface area contributed by atoms with Gasteiger partial charge in [-0.1, -0.05) is 33.4 Å². The van der Waals surface area contributed by atoms with Crippen molar-refractivity contribution in [1.29, 1.82) is 0 Å². The van der Waals surface area contributed by atoms with Gasteiger partial charge in [0.25, 0.3) is 0 Å². The highest BCUT2D eigenvalue weighted by molar-refractivity contribution is 5.79. The lowest BCUT2D eigenvalue weighted by Crippen LogP contribution is -2.40. The molecule has 2 rings (SSSR count). The van der Waals surface area contributed by atoms with Crippen molar-refractivity contribution in [3.8, 4) is 5.75 Å². The number of carbonyl (C=O) groups is 1. The minimum absolute atomic E-state index is 0.00756. The van der Waals surface area contributed by atoms with Gasteiger partial charge in [0.05, 0.1) is 17.7 Å². The number of aldehydes is 1. The van der Waals surface area contributed by atoms with E-state index in [1.165, 1.54) is 5.56 Å². The third kappa shape index (κ3) is 7.16. The molecule has 29 heavy (non-hydrogen) atoms. The zero-order valence-electron chi connectivity index (χ0n) is 18.5. The molecule has 1 aromatic rings. The molecule has 5 nitrogen and oxygen atoms in total. The third-order valence-corrected chi connectivity index (χ3v) is 6.18.